The highest BCUT2D eigenvalue weighted by Gasteiger charge is 2.08. The zero-order valence-electron chi connectivity index (χ0n) is 12.6. The van der Waals surface area contributed by atoms with Gasteiger partial charge in [-0.2, -0.15) is 0 Å². The van der Waals surface area contributed by atoms with Crippen LogP contribution in [-0.2, 0) is 0 Å². The summed E-state index contributed by atoms with van der Waals surface area (Å²) in [4.78, 5) is 2.09. The molecule has 4 heteroatoms. The predicted octanol–water partition coefficient (Wildman–Crippen LogP) is 3.97. The fourth-order valence-electron chi connectivity index (χ4n) is 2.25. The number of aliphatic hydroxyl groups excluding tert-OH is 1. The van der Waals surface area contributed by atoms with Gasteiger partial charge in [-0.1, -0.05) is 34.1 Å². The molecule has 0 spiro atoms. The van der Waals surface area contributed by atoms with Crippen LogP contribution in [0.15, 0.2) is 46.9 Å². The average molecular weight is 349 g/mol. The van der Waals surface area contributed by atoms with Crippen molar-refractivity contribution in [2.45, 2.75) is 13.0 Å². The fourth-order valence-corrected chi connectivity index (χ4v) is 2.66. The van der Waals surface area contributed by atoms with E-state index in [2.05, 4.69) is 45.2 Å². The minimum absolute atomic E-state index is 0.479. The maximum atomic E-state index is 10.2. The van der Waals surface area contributed by atoms with Crippen molar-refractivity contribution in [2.24, 2.45) is 0 Å². The van der Waals surface area contributed by atoms with Crippen LogP contribution in [0.5, 0.6) is 0 Å². The molecule has 21 heavy (non-hydrogen) atoms. The van der Waals surface area contributed by atoms with E-state index in [4.69, 9.17) is 0 Å². The number of nitrogens with zero attached hydrogens (tertiary/aromatic N) is 1. The van der Waals surface area contributed by atoms with Gasteiger partial charge in [0, 0.05) is 36.5 Å². The number of aryl methyl sites for hydroxylation is 1. The third-order valence-electron chi connectivity index (χ3n) is 3.42. The van der Waals surface area contributed by atoms with Crippen molar-refractivity contribution in [2.75, 3.05) is 30.9 Å². The maximum absolute atomic E-state index is 10.2. The van der Waals surface area contributed by atoms with Crippen LogP contribution in [0.25, 0.3) is 0 Å². The van der Waals surface area contributed by atoms with Gasteiger partial charge in [-0.25, -0.2) is 0 Å². The van der Waals surface area contributed by atoms with Crippen molar-refractivity contribution in [3.05, 3.63) is 58.1 Å². The standard InChI is InChI=1S/C17H21BrN2O/c1-12-7-8-15(10-16(12)20(2)3)19-11-17(21)13-5-4-6-14(18)9-13/h4-10,17,19,21H,11H2,1-3H3. The SMILES string of the molecule is Cc1ccc(NCC(O)c2cccc(Br)c2)cc1N(C)C. The van der Waals surface area contributed by atoms with E-state index in [-0.39, 0.29) is 0 Å². The number of aliphatic hydroxyl groups is 1. The first-order valence-corrected chi connectivity index (χ1v) is 7.72. The van der Waals surface area contributed by atoms with Gasteiger partial charge in [0.2, 0.25) is 0 Å². The van der Waals surface area contributed by atoms with Gasteiger partial charge in [0.25, 0.3) is 0 Å². The molecule has 2 N–H and O–H groups in total. The third-order valence-corrected chi connectivity index (χ3v) is 3.92. The van der Waals surface area contributed by atoms with Gasteiger partial charge < -0.3 is 15.3 Å². The number of halogens is 1. The molecule has 0 fully saturated rings. The predicted molar refractivity (Wildman–Crippen MR) is 93.1 cm³/mol. The molecule has 0 aliphatic carbocycles. The second-order valence-electron chi connectivity index (χ2n) is 5.35. The lowest BCUT2D eigenvalue weighted by atomic mass is 10.1. The summed E-state index contributed by atoms with van der Waals surface area (Å²) in [5.41, 5.74) is 4.32. The van der Waals surface area contributed by atoms with E-state index in [0.717, 1.165) is 15.7 Å². The summed E-state index contributed by atoms with van der Waals surface area (Å²) in [5, 5.41) is 13.5. The Morgan fingerprint density at radius 3 is 2.62 bits per heavy atom. The van der Waals surface area contributed by atoms with Gasteiger partial charge in [0.05, 0.1) is 6.10 Å². The van der Waals surface area contributed by atoms with E-state index < -0.39 is 6.10 Å². The van der Waals surface area contributed by atoms with Crippen molar-refractivity contribution in [1.82, 2.24) is 0 Å². The molecular weight excluding hydrogens is 328 g/mol. The molecule has 0 saturated carbocycles. The molecule has 0 bridgehead atoms. The van der Waals surface area contributed by atoms with Crippen LogP contribution in [0.4, 0.5) is 11.4 Å². The van der Waals surface area contributed by atoms with Crippen LogP contribution >= 0.6 is 15.9 Å². The Balaban J connectivity index is 2.04. The zero-order valence-corrected chi connectivity index (χ0v) is 14.2. The Hall–Kier alpha value is -1.52. The van der Waals surface area contributed by atoms with E-state index in [9.17, 15) is 5.11 Å². The average Bonchev–Trinajstić information content (AvgIpc) is 2.45. The van der Waals surface area contributed by atoms with E-state index in [1.807, 2.05) is 44.4 Å². The van der Waals surface area contributed by atoms with E-state index >= 15 is 0 Å². The summed E-state index contributed by atoms with van der Waals surface area (Å²) >= 11 is 3.42. The van der Waals surface area contributed by atoms with Crippen molar-refractivity contribution < 1.29 is 5.11 Å². The molecule has 0 radical (unpaired) electrons. The topological polar surface area (TPSA) is 35.5 Å². The van der Waals surface area contributed by atoms with Gasteiger partial charge >= 0.3 is 0 Å². The highest BCUT2D eigenvalue weighted by Crippen LogP contribution is 2.24. The van der Waals surface area contributed by atoms with Gasteiger partial charge in [-0.15, -0.1) is 0 Å². The molecule has 1 unspecified atom stereocenters. The third kappa shape index (κ3) is 4.22. The van der Waals surface area contributed by atoms with Crippen LogP contribution in [0.1, 0.15) is 17.2 Å². The Morgan fingerprint density at radius 2 is 1.95 bits per heavy atom. The molecular formula is C17H21BrN2O. The molecule has 1 atom stereocenters. The van der Waals surface area contributed by atoms with Crippen LogP contribution in [0, 0.1) is 6.92 Å². The molecule has 2 rings (SSSR count). The monoisotopic (exact) mass is 348 g/mol. The lowest BCUT2D eigenvalue weighted by Gasteiger charge is -2.18. The molecule has 2 aromatic carbocycles. The van der Waals surface area contributed by atoms with E-state index in [1.165, 1.54) is 11.3 Å². The highest BCUT2D eigenvalue weighted by atomic mass is 79.9. The summed E-state index contributed by atoms with van der Waals surface area (Å²) in [6.45, 7) is 2.57. The lowest BCUT2D eigenvalue weighted by molar-refractivity contribution is 0.191. The molecule has 112 valence electrons. The first-order chi connectivity index (χ1) is 9.97. The summed E-state index contributed by atoms with van der Waals surface area (Å²) in [6.07, 6.45) is -0.536. The molecule has 0 heterocycles. The van der Waals surface area contributed by atoms with Gasteiger partial charge in [-0.05, 0) is 42.3 Å². The molecule has 0 amide bonds. The van der Waals surface area contributed by atoms with Crippen molar-refractivity contribution in [3.63, 3.8) is 0 Å². The highest BCUT2D eigenvalue weighted by molar-refractivity contribution is 9.10. The van der Waals surface area contributed by atoms with Crippen molar-refractivity contribution >= 4 is 27.3 Å². The minimum Gasteiger partial charge on any atom is -0.387 e. The van der Waals surface area contributed by atoms with Gasteiger partial charge in [-0.3, -0.25) is 0 Å². The van der Waals surface area contributed by atoms with Gasteiger partial charge in [0.15, 0.2) is 0 Å². The van der Waals surface area contributed by atoms with Crippen LogP contribution in [0.2, 0.25) is 0 Å². The number of rotatable bonds is 5. The van der Waals surface area contributed by atoms with Crippen LogP contribution in [-0.4, -0.2) is 25.7 Å². The number of hydrogen-bond donors (Lipinski definition) is 2. The number of benzene rings is 2. The second kappa shape index (κ2) is 6.96. The summed E-state index contributed by atoms with van der Waals surface area (Å²) < 4.78 is 0.976. The Kier molecular flexibility index (Phi) is 5.26. The lowest BCUT2D eigenvalue weighted by Crippen LogP contribution is -2.14. The van der Waals surface area contributed by atoms with Crippen molar-refractivity contribution in [3.8, 4) is 0 Å². The number of hydrogen-bond acceptors (Lipinski definition) is 3. The smallest absolute Gasteiger partial charge is 0.0962 e. The molecule has 0 aromatic heterocycles. The van der Waals surface area contributed by atoms with Crippen LogP contribution < -0.4 is 10.2 Å². The number of nitrogens with one attached hydrogen (secondary N) is 1. The van der Waals surface area contributed by atoms with E-state index in [0.29, 0.717) is 6.54 Å². The Bertz CT molecular complexity index is 613. The van der Waals surface area contributed by atoms with Crippen LogP contribution in [0.3, 0.4) is 0 Å². The summed E-state index contributed by atoms with van der Waals surface area (Å²) in [7, 11) is 4.06. The molecule has 2 aromatic rings. The fraction of sp³-hybridized carbons (Fsp3) is 0.294. The summed E-state index contributed by atoms with van der Waals surface area (Å²) in [6, 6.07) is 14.0. The minimum atomic E-state index is -0.536. The number of anilines is 2. The summed E-state index contributed by atoms with van der Waals surface area (Å²) in [5.74, 6) is 0. The maximum Gasteiger partial charge on any atom is 0.0962 e. The molecule has 0 aliphatic heterocycles. The Labute approximate surface area is 134 Å². The second-order valence-corrected chi connectivity index (χ2v) is 6.26. The normalized spacial score (nSPS) is 12.0. The quantitative estimate of drug-likeness (QED) is 0.858. The molecule has 3 nitrogen and oxygen atoms in total. The molecule has 0 aliphatic rings. The largest absolute Gasteiger partial charge is 0.387 e. The van der Waals surface area contributed by atoms with Gasteiger partial charge in [0.1, 0.15) is 0 Å². The zero-order chi connectivity index (χ0) is 15.4. The Morgan fingerprint density at radius 1 is 1.19 bits per heavy atom. The van der Waals surface area contributed by atoms with Crippen molar-refractivity contribution in [1.29, 1.82) is 0 Å². The van der Waals surface area contributed by atoms with E-state index in [1.54, 1.807) is 0 Å². The first kappa shape index (κ1) is 15.9. The molecule has 0 saturated heterocycles. The first-order valence-electron chi connectivity index (χ1n) is 6.93.